The molecular weight excluding hydrogens is 327 g/mol. The topological polar surface area (TPSA) is 90.5 Å². The van der Waals surface area contributed by atoms with Crippen LogP contribution in [0, 0.1) is 5.82 Å². The number of benzene rings is 1. The molecule has 0 aliphatic carbocycles. The highest BCUT2D eigenvalue weighted by Crippen LogP contribution is 2.24. The van der Waals surface area contributed by atoms with Crippen LogP contribution in [0.3, 0.4) is 0 Å². The number of carbonyl (C=O) groups excluding carboxylic acids is 3. The molecule has 1 saturated heterocycles. The van der Waals surface area contributed by atoms with E-state index in [0.717, 1.165) is 6.07 Å². The summed E-state index contributed by atoms with van der Waals surface area (Å²) in [5, 5.41) is 5.43. The van der Waals surface area contributed by atoms with E-state index < -0.39 is 29.3 Å². The van der Waals surface area contributed by atoms with Crippen LogP contribution in [0.4, 0.5) is 19.7 Å². The molecule has 2 rings (SSSR count). The second-order valence-corrected chi connectivity index (χ2v) is 5.46. The second-order valence-electron chi connectivity index (χ2n) is 5.05. The third-order valence-electron chi connectivity index (χ3n) is 3.76. The van der Waals surface area contributed by atoms with Gasteiger partial charge in [-0.2, -0.15) is 5.01 Å². The minimum absolute atomic E-state index is 0.0827. The van der Waals surface area contributed by atoms with Crippen LogP contribution < -0.4 is 16.1 Å². The zero-order valence-corrected chi connectivity index (χ0v) is 13.3. The molecule has 0 unspecified atom stereocenters. The maximum Gasteiger partial charge on any atom is 0.344 e. The predicted molar refractivity (Wildman–Crippen MR) is 82.3 cm³/mol. The largest absolute Gasteiger partial charge is 0.344 e. The van der Waals surface area contributed by atoms with Gasteiger partial charge in [0, 0.05) is 5.69 Å². The molecule has 0 aromatic heterocycles. The van der Waals surface area contributed by atoms with Crippen molar-refractivity contribution in [2.24, 2.45) is 0 Å². The lowest BCUT2D eigenvalue weighted by molar-refractivity contribution is -0.133. The van der Waals surface area contributed by atoms with Gasteiger partial charge in [-0.25, -0.2) is 19.4 Å². The van der Waals surface area contributed by atoms with Crippen LogP contribution in [0.15, 0.2) is 18.2 Å². The minimum Gasteiger partial charge on any atom is -0.322 e. The fraction of sp³-hybridized carbons (Fsp3) is 0.357. The first kappa shape index (κ1) is 17.0. The molecule has 7 nitrogen and oxygen atoms in total. The summed E-state index contributed by atoms with van der Waals surface area (Å²) in [6.07, 6.45) is 0.798. The van der Waals surface area contributed by atoms with Crippen molar-refractivity contribution in [3.63, 3.8) is 0 Å². The van der Waals surface area contributed by atoms with Gasteiger partial charge in [-0.15, -0.1) is 0 Å². The zero-order valence-electron chi connectivity index (χ0n) is 12.6. The Kier molecular flexibility index (Phi) is 4.74. The molecule has 1 aliphatic rings. The molecule has 0 saturated carbocycles. The van der Waals surface area contributed by atoms with Crippen molar-refractivity contribution in [2.45, 2.75) is 32.2 Å². The van der Waals surface area contributed by atoms with E-state index in [1.165, 1.54) is 12.1 Å². The molecule has 1 heterocycles. The fourth-order valence-corrected chi connectivity index (χ4v) is 2.40. The predicted octanol–water partition coefficient (Wildman–Crippen LogP) is 2.63. The van der Waals surface area contributed by atoms with Crippen molar-refractivity contribution < 1.29 is 18.8 Å². The summed E-state index contributed by atoms with van der Waals surface area (Å²) >= 11 is 5.55. The summed E-state index contributed by atoms with van der Waals surface area (Å²) in [6.45, 7) is 3.53. The van der Waals surface area contributed by atoms with E-state index in [1.54, 1.807) is 13.8 Å². The van der Waals surface area contributed by atoms with Crippen LogP contribution in [0.25, 0.3) is 0 Å². The molecule has 9 heteroatoms. The Labute approximate surface area is 137 Å². The van der Waals surface area contributed by atoms with E-state index in [4.69, 9.17) is 11.6 Å². The first-order valence-electron chi connectivity index (χ1n) is 7.02. The molecule has 3 N–H and O–H groups in total. The van der Waals surface area contributed by atoms with Crippen LogP contribution in [-0.2, 0) is 4.79 Å². The van der Waals surface area contributed by atoms with Gasteiger partial charge in [-0.1, -0.05) is 25.4 Å². The van der Waals surface area contributed by atoms with Gasteiger partial charge in [-0.05, 0) is 31.0 Å². The first-order chi connectivity index (χ1) is 10.8. The number of rotatable bonds is 4. The molecule has 124 valence electrons. The van der Waals surface area contributed by atoms with Gasteiger partial charge in [0.2, 0.25) is 0 Å². The van der Waals surface area contributed by atoms with Crippen LogP contribution in [0.1, 0.15) is 26.7 Å². The highest BCUT2D eigenvalue weighted by atomic mass is 35.5. The van der Waals surface area contributed by atoms with Crippen LogP contribution in [-0.4, -0.2) is 28.5 Å². The Bertz CT molecular complexity index is 663. The summed E-state index contributed by atoms with van der Waals surface area (Å²) in [5.74, 6) is -1.24. The molecular formula is C14H16ClFN4O3. The van der Waals surface area contributed by atoms with E-state index >= 15 is 0 Å². The Hall–Kier alpha value is -2.35. The van der Waals surface area contributed by atoms with Crippen molar-refractivity contribution in [1.82, 2.24) is 15.8 Å². The van der Waals surface area contributed by atoms with Gasteiger partial charge in [0.15, 0.2) is 0 Å². The van der Waals surface area contributed by atoms with Gasteiger partial charge in [0.25, 0.3) is 5.91 Å². The van der Waals surface area contributed by atoms with E-state index in [2.05, 4.69) is 16.1 Å². The number of urea groups is 2. The Morgan fingerprint density at radius 2 is 2.00 bits per heavy atom. The lowest BCUT2D eigenvalue weighted by Crippen LogP contribution is -2.50. The van der Waals surface area contributed by atoms with Crippen LogP contribution in [0.5, 0.6) is 0 Å². The molecule has 1 fully saturated rings. The van der Waals surface area contributed by atoms with Gasteiger partial charge in [0.05, 0.1) is 5.02 Å². The average Bonchev–Trinajstić information content (AvgIpc) is 2.75. The number of nitrogens with zero attached hydrogens (tertiary/aromatic N) is 1. The number of halogens is 2. The Balaban J connectivity index is 2.06. The smallest absolute Gasteiger partial charge is 0.322 e. The number of carbonyl (C=O) groups is 3. The standard InChI is InChI=1S/C14H16ClFN4O3/c1-3-14(4-2)11(21)20(13(23)18-14)19-12(22)17-8-5-6-9(15)10(16)7-8/h5-7H,3-4H2,1-2H3,(H,18,23)(H2,17,19,22). The number of hydrogen-bond acceptors (Lipinski definition) is 3. The number of nitrogens with one attached hydrogen (secondary N) is 3. The summed E-state index contributed by atoms with van der Waals surface area (Å²) in [6, 6.07) is 2.13. The molecule has 0 bridgehead atoms. The van der Waals surface area contributed by atoms with E-state index in [1.807, 2.05) is 0 Å². The van der Waals surface area contributed by atoms with Crippen molar-refractivity contribution in [1.29, 1.82) is 0 Å². The summed E-state index contributed by atoms with van der Waals surface area (Å²) in [5.41, 5.74) is 1.27. The molecule has 23 heavy (non-hydrogen) atoms. The van der Waals surface area contributed by atoms with Crippen molar-refractivity contribution in [2.75, 3.05) is 5.32 Å². The van der Waals surface area contributed by atoms with Crippen molar-refractivity contribution >= 4 is 35.3 Å². The van der Waals surface area contributed by atoms with E-state index in [9.17, 15) is 18.8 Å². The minimum atomic E-state index is -1.02. The molecule has 0 radical (unpaired) electrons. The van der Waals surface area contributed by atoms with Crippen LogP contribution >= 0.6 is 11.6 Å². The first-order valence-corrected chi connectivity index (χ1v) is 7.40. The molecule has 1 aliphatic heterocycles. The number of hydrazine groups is 1. The maximum atomic E-state index is 13.3. The number of anilines is 1. The molecule has 0 atom stereocenters. The molecule has 1 aromatic carbocycles. The molecule has 5 amide bonds. The number of amides is 5. The zero-order chi connectivity index (χ0) is 17.2. The van der Waals surface area contributed by atoms with Gasteiger partial charge in [-0.3, -0.25) is 4.79 Å². The lowest BCUT2D eigenvalue weighted by Gasteiger charge is -2.23. The highest BCUT2D eigenvalue weighted by Gasteiger charge is 2.49. The monoisotopic (exact) mass is 342 g/mol. The van der Waals surface area contributed by atoms with Crippen molar-refractivity contribution in [3.8, 4) is 0 Å². The van der Waals surface area contributed by atoms with Crippen LogP contribution in [0.2, 0.25) is 5.02 Å². The van der Waals surface area contributed by atoms with Gasteiger partial charge in [0.1, 0.15) is 11.4 Å². The summed E-state index contributed by atoms with van der Waals surface area (Å²) in [7, 11) is 0. The average molecular weight is 343 g/mol. The molecule has 1 aromatic rings. The third-order valence-corrected chi connectivity index (χ3v) is 4.07. The highest BCUT2D eigenvalue weighted by molar-refractivity contribution is 6.30. The number of hydrogen-bond donors (Lipinski definition) is 3. The SMILES string of the molecule is CCC1(CC)NC(=O)N(NC(=O)Nc2ccc(Cl)c(F)c2)C1=O. The summed E-state index contributed by atoms with van der Waals surface area (Å²) in [4.78, 5) is 36.1. The van der Waals surface area contributed by atoms with Crippen molar-refractivity contribution in [3.05, 3.63) is 29.0 Å². The number of imide groups is 1. The van der Waals surface area contributed by atoms with E-state index in [-0.39, 0.29) is 10.7 Å². The summed E-state index contributed by atoms with van der Waals surface area (Å²) < 4.78 is 13.3. The second kappa shape index (κ2) is 6.41. The van der Waals surface area contributed by atoms with E-state index in [0.29, 0.717) is 17.9 Å². The third kappa shape index (κ3) is 3.21. The van der Waals surface area contributed by atoms with Gasteiger partial charge < -0.3 is 10.6 Å². The Morgan fingerprint density at radius 3 is 2.52 bits per heavy atom. The normalized spacial score (nSPS) is 16.3. The quantitative estimate of drug-likeness (QED) is 0.735. The molecule has 0 spiro atoms. The maximum absolute atomic E-state index is 13.3. The van der Waals surface area contributed by atoms with Gasteiger partial charge >= 0.3 is 12.1 Å². The lowest BCUT2D eigenvalue weighted by atomic mass is 9.93. The fourth-order valence-electron chi connectivity index (χ4n) is 2.29. The Morgan fingerprint density at radius 1 is 1.35 bits per heavy atom.